The Morgan fingerprint density at radius 1 is 1.10 bits per heavy atom. The van der Waals surface area contributed by atoms with Gasteiger partial charge in [0, 0.05) is 32.7 Å². The predicted octanol–water partition coefficient (Wildman–Crippen LogP) is 0.987. The fourth-order valence-electron chi connectivity index (χ4n) is 2.36. The van der Waals surface area contributed by atoms with Crippen LogP contribution in [0.5, 0.6) is 0 Å². The van der Waals surface area contributed by atoms with Gasteiger partial charge in [-0.1, -0.05) is 12.1 Å². The maximum atomic E-state index is 12.8. The quantitative estimate of drug-likeness (QED) is 0.879. The van der Waals surface area contributed by atoms with E-state index in [2.05, 4.69) is 4.90 Å². The molecule has 1 N–H and O–H groups in total. The van der Waals surface area contributed by atoms with E-state index >= 15 is 0 Å². The monoisotopic (exact) mass is 294 g/mol. The number of carbonyl (C=O) groups is 2. The van der Waals surface area contributed by atoms with Crippen molar-refractivity contribution in [3.05, 3.63) is 35.6 Å². The van der Waals surface area contributed by atoms with E-state index in [9.17, 15) is 14.0 Å². The highest BCUT2D eigenvalue weighted by Gasteiger charge is 2.21. The Labute approximate surface area is 123 Å². The average molecular weight is 294 g/mol. The van der Waals surface area contributed by atoms with Crippen LogP contribution in [0.4, 0.5) is 4.39 Å². The molecule has 5 nitrogen and oxygen atoms in total. The van der Waals surface area contributed by atoms with Crippen LogP contribution in [0.25, 0.3) is 0 Å². The number of nitrogens with zero attached hydrogens (tertiary/aromatic N) is 2. The van der Waals surface area contributed by atoms with E-state index in [4.69, 9.17) is 5.11 Å². The van der Waals surface area contributed by atoms with E-state index < -0.39 is 5.97 Å². The lowest BCUT2D eigenvalue weighted by Crippen LogP contribution is -2.49. The van der Waals surface area contributed by atoms with Gasteiger partial charge in [-0.2, -0.15) is 0 Å². The molecule has 1 aliphatic rings. The number of aliphatic carboxylic acids is 1. The first-order chi connectivity index (χ1) is 10.0. The number of amides is 1. The number of hydrogen-bond acceptors (Lipinski definition) is 3. The third kappa shape index (κ3) is 4.82. The summed E-state index contributed by atoms with van der Waals surface area (Å²) in [5.41, 5.74) is 0.801. The zero-order valence-electron chi connectivity index (χ0n) is 11.8. The lowest BCUT2D eigenvalue weighted by atomic mass is 10.1. The van der Waals surface area contributed by atoms with Gasteiger partial charge in [0.25, 0.3) is 0 Å². The van der Waals surface area contributed by atoms with Crippen LogP contribution in [-0.2, 0) is 16.0 Å². The summed E-state index contributed by atoms with van der Waals surface area (Å²) in [4.78, 5) is 26.5. The van der Waals surface area contributed by atoms with Crippen molar-refractivity contribution < 1.29 is 19.1 Å². The molecule has 0 radical (unpaired) electrons. The molecule has 2 rings (SSSR count). The Bertz CT molecular complexity index is 496. The van der Waals surface area contributed by atoms with Gasteiger partial charge in [-0.25, -0.2) is 4.39 Å². The number of carbonyl (C=O) groups excluding carboxylic acids is 1. The second-order valence-corrected chi connectivity index (χ2v) is 5.17. The van der Waals surface area contributed by atoms with Gasteiger partial charge in [0.2, 0.25) is 5.91 Å². The van der Waals surface area contributed by atoms with Crippen LogP contribution in [-0.4, -0.2) is 59.5 Å². The number of piperazine rings is 1. The number of hydrogen-bond donors (Lipinski definition) is 1. The van der Waals surface area contributed by atoms with E-state index in [1.807, 2.05) is 0 Å². The van der Waals surface area contributed by atoms with Gasteiger partial charge in [-0.15, -0.1) is 0 Å². The van der Waals surface area contributed by atoms with Gasteiger partial charge in [0.1, 0.15) is 5.82 Å². The lowest BCUT2D eigenvalue weighted by molar-refractivity contribution is -0.138. The molecule has 114 valence electrons. The highest BCUT2D eigenvalue weighted by Crippen LogP contribution is 2.08. The van der Waals surface area contributed by atoms with E-state index in [0.29, 0.717) is 32.7 Å². The van der Waals surface area contributed by atoms with E-state index in [0.717, 1.165) is 5.56 Å². The number of carboxylic acids is 1. The molecule has 1 saturated heterocycles. The first kappa shape index (κ1) is 15.4. The Morgan fingerprint density at radius 2 is 1.71 bits per heavy atom. The van der Waals surface area contributed by atoms with Crippen molar-refractivity contribution in [1.82, 2.24) is 9.80 Å². The molecule has 1 heterocycles. The Balaban J connectivity index is 1.77. The second kappa shape index (κ2) is 7.17. The van der Waals surface area contributed by atoms with E-state index in [-0.39, 0.29) is 24.6 Å². The molecular weight excluding hydrogens is 275 g/mol. The summed E-state index contributed by atoms with van der Waals surface area (Å²) in [6.07, 6.45) is 0.402. The molecule has 21 heavy (non-hydrogen) atoms. The summed E-state index contributed by atoms with van der Waals surface area (Å²) in [5.74, 6) is -1.08. The highest BCUT2D eigenvalue weighted by atomic mass is 19.1. The molecule has 1 aliphatic heterocycles. The van der Waals surface area contributed by atoms with Crippen LogP contribution in [0.3, 0.4) is 0 Å². The molecular formula is C15H19FN2O3. The normalized spacial score (nSPS) is 16.0. The molecule has 0 bridgehead atoms. The molecule has 0 saturated carbocycles. The number of rotatable bonds is 5. The molecule has 0 unspecified atom stereocenters. The SMILES string of the molecule is O=C(O)CCN1CCN(C(=O)Cc2ccc(F)cc2)CC1. The van der Waals surface area contributed by atoms with Gasteiger partial charge >= 0.3 is 5.97 Å². The van der Waals surface area contributed by atoms with Gasteiger partial charge in [-0.05, 0) is 17.7 Å². The summed E-state index contributed by atoms with van der Waals surface area (Å²) in [7, 11) is 0. The van der Waals surface area contributed by atoms with Crippen molar-refractivity contribution in [3.63, 3.8) is 0 Å². The van der Waals surface area contributed by atoms with Crippen LogP contribution in [0, 0.1) is 5.82 Å². The summed E-state index contributed by atoms with van der Waals surface area (Å²) in [6, 6.07) is 5.95. The van der Waals surface area contributed by atoms with Crippen molar-refractivity contribution in [1.29, 1.82) is 0 Å². The number of halogens is 1. The third-order valence-corrected chi connectivity index (χ3v) is 3.64. The Kier molecular flexibility index (Phi) is 5.27. The first-order valence-electron chi connectivity index (χ1n) is 7.01. The maximum Gasteiger partial charge on any atom is 0.304 e. The van der Waals surface area contributed by atoms with Crippen molar-refractivity contribution in [2.24, 2.45) is 0 Å². The Morgan fingerprint density at radius 3 is 2.29 bits per heavy atom. The second-order valence-electron chi connectivity index (χ2n) is 5.17. The fourth-order valence-corrected chi connectivity index (χ4v) is 2.36. The van der Waals surface area contributed by atoms with Crippen LogP contribution in [0.2, 0.25) is 0 Å². The lowest BCUT2D eigenvalue weighted by Gasteiger charge is -2.34. The summed E-state index contributed by atoms with van der Waals surface area (Å²) < 4.78 is 12.8. The summed E-state index contributed by atoms with van der Waals surface area (Å²) in [6.45, 7) is 3.14. The van der Waals surface area contributed by atoms with Crippen molar-refractivity contribution >= 4 is 11.9 Å². The van der Waals surface area contributed by atoms with Crippen LogP contribution in [0.15, 0.2) is 24.3 Å². The highest BCUT2D eigenvalue weighted by molar-refractivity contribution is 5.78. The van der Waals surface area contributed by atoms with Gasteiger partial charge < -0.3 is 10.0 Å². The number of carboxylic acid groups (broad SMARTS) is 1. The summed E-state index contributed by atoms with van der Waals surface area (Å²) >= 11 is 0. The van der Waals surface area contributed by atoms with Gasteiger partial charge in [0.05, 0.1) is 12.8 Å². The molecule has 0 spiro atoms. The first-order valence-corrected chi connectivity index (χ1v) is 7.01. The van der Waals surface area contributed by atoms with Crippen LogP contribution in [0.1, 0.15) is 12.0 Å². The smallest absolute Gasteiger partial charge is 0.304 e. The Hall–Kier alpha value is -1.95. The average Bonchev–Trinajstić information content (AvgIpc) is 2.48. The minimum absolute atomic E-state index is 0.0273. The minimum atomic E-state index is -0.801. The standard InChI is InChI=1S/C15H19FN2O3/c16-13-3-1-12(2-4-13)11-14(19)18-9-7-17(8-10-18)6-5-15(20)21/h1-4H,5-11H2,(H,20,21). The van der Waals surface area contributed by atoms with E-state index in [1.54, 1.807) is 17.0 Å². The fraction of sp³-hybridized carbons (Fsp3) is 0.467. The molecule has 0 atom stereocenters. The van der Waals surface area contributed by atoms with Gasteiger partial charge in [0.15, 0.2) is 0 Å². The van der Waals surface area contributed by atoms with Crippen LogP contribution < -0.4 is 0 Å². The molecule has 1 amide bonds. The summed E-state index contributed by atoms with van der Waals surface area (Å²) in [5, 5.41) is 8.65. The molecule has 1 fully saturated rings. The van der Waals surface area contributed by atoms with Crippen molar-refractivity contribution in [2.75, 3.05) is 32.7 Å². The predicted molar refractivity (Wildman–Crippen MR) is 75.4 cm³/mol. The topological polar surface area (TPSA) is 60.9 Å². The van der Waals surface area contributed by atoms with Crippen LogP contribution >= 0.6 is 0 Å². The largest absolute Gasteiger partial charge is 0.481 e. The third-order valence-electron chi connectivity index (χ3n) is 3.64. The van der Waals surface area contributed by atoms with E-state index in [1.165, 1.54) is 12.1 Å². The zero-order valence-corrected chi connectivity index (χ0v) is 11.8. The molecule has 0 aliphatic carbocycles. The molecule has 6 heteroatoms. The maximum absolute atomic E-state index is 12.8. The zero-order chi connectivity index (χ0) is 15.2. The number of benzene rings is 1. The van der Waals surface area contributed by atoms with Crippen molar-refractivity contribution in [3.8, 4) is 0 Å². The molecule has 1 aromatic carbocycles. The van der Waals surface area contributed by atoms with Crippen molar-refractivity contribution in [2.45, 2.75) is 12.8 Å². The molecule has 1 aromatic rings. The molecule has 0 aromatic heterocycles. The van der Waals surface area contributed by atoms with Gasteiger partial charge in [-0.3, -0.25) is 14.5 Å². The minimum Gasteiger partial charge on any atom is -0.481 e.